The Morgan fingerprint density at radius 2 is 2.04 bits per heavy atom. The van der Waals surface area contributed by atoms with Crippen LogP contribution in [0.5, 0.6) is 5.75 Å². The summed E-state index contributed by atoms with van der Waals surface area (Å²) >= 11 is 0. The molecule has 5 rings (SSSR count). The number of rotatable bonds is 5. The van der Waals surface area contributed by atoms with Crippen LogP contribution >= 0.6 is 0 Å². The number of likely N-dealkylation sites (tertiary alicyclic amines) is 1. The Bertz CT molecular complexity index is 682. The first kappa shape index (κ1) is 18.8. The van der Waals surface area contributed by atoms with Gasteiger partial charge in [-0.15, -0.1) is 0 Å². The van der Waals surface area contributed by atoms with Crippen LogP contribution in [-0.2, 0) is 9.47 Å². The van der Waals surface area contributed by atoms with Crippen molar-refractivity contribution >= 4 is 0 Å². The van der Waals surface area contributed by atoms with E-state index in [2.05, 4.69) is 10.2 Å². The molecule has 5 nitrogen and oxygen atoms in total. The summed E-state index contributed by atoms with van der Waals surface area (Å²) in [4.78, 5) is 2.58. The Morgan fingerprint density at radius 3 is 2.71 bits per heavy atom. The number of hydrogen-bond donors (Lipinski definition) is 1. The highest BCUT2D eigenvalue weighted by molar-refractivity contribution is 5.37. The van der Waals surface area contributed by atoms with Crippen LogP contribution in [0.25, 0.3) is 0 Å². The van der Waals surface area contributed by atoms with Crippen molar-refractivity contribution < 1.29 is 18.6 Å². The molecule has 4 heterocycles. The summed E-state index contributed by atoms with van der Waals surface area (Å²) < 4.78 is 31.6. The molecule has 1 aromatic carbocycles. The van der Waals surface area contributed by atoms with Gasteiger partial charge in [-0.25, -0.2) is 4.39 Å². The second-order valence-electron chi connectivity index (χ2n) is 8.99. The van der Waals surface area contributed by atoms with Gasteiger partial charge in [-0.05, 0) is 62.9 Å². The number of nitrogens with one attached hydrogen (secondary N) is 1. The van der Waals surface area contributed by atoms with Crippen LogP contribution in [0.4, 0.5) is 4.39 Å². The van der Waals surface area contributed by atoms with Gasteiger partial charge >= 0.3 is 0 Å². The van der Waals surface area contributed by atoms with Crippen LogP contribution in [0.2, 0.25) is 0 Å². The third kappa shape index (κ3) is 3.80. The lowest BCUT2D eigenvalue weighted by Gasteiger charge is -2.40. The van der Waals surface area contributed by atoms with Crippen molar-refractivity contribution in [1.82, 2.24) is 10.2 Å². The van der Waals surface area contributed by atoms with Crippen LogP contribution < -0.4 is 10.1 Å². The molecular weight excluding hydrogens is 359 g/mol. The Morgan fingerprint density at radius 1 is 1.18 bits per heavy atom. The molecule has 0 amide bonds. The number of halogens is 1. The van der Waals surface area contributed by atoms with Gasteiger partial charge in [-0.1, -0.05) is 0 Å². The first-order valence-electron chi connectivity index (χ1n) is 10.8. The molecule has 1 spiro atoms. The van der Waals surface area contributed by atoms with E-state index in [0.29, 0.717) is 24.5 Å². The molecular formula is C22H31FN2O3. The highest BCUT2D eigenvalue weighted by Gasteiger charge is 2.47. The molecule has 4 saturated heterocycles. The van der Waals surface area contributed by atoms with E-state index in [1.807, 2.05) is 6.07 Å². The lowest BCUT2D eigenvalue weighted by molar-refractivity contribution is -0.0367. The third-order valence-electron chi connectivity index (χ3n) is 7.04. The summed E-state index contributed by atoms with van der Waals surface area (Å²) in [6.45, 7) is 7.20. The SMILES string of the molecule is Fc1ccc(OC[C@@H]2CCOC2)c(C2CCN([C@@H]3COC4(CNC4)C3)CC2)c1. The van der Waals surface area contributed by atoms with Crippen molar-refractivity contribution in [3.05, 3.63) is 29.6 Å². The van der Waals surface area contributed by atoms with Crippen LogP contribution in [0.15, 0.2) is 18.2 Å². The predicted octanol–water partition coefficient (Wildman–Crippen LogP) is 2.55. The second-order valence-corrected chi connectivity index (χ2v) is 8.99. The second kappa shape index (κ2) is 7.90. The summed E-state index contributed by atoms with van der Waals surface area (Å²) in [7, 11) is 0. The molecule has 0 bridgehead atoms. The number of piperidine rings is 1. The first-order valence-corrected chi connectivity index (χ1v) is 10.8. The average Bonchev–Trinajstić information content (AvgIpc) is 3.37. The number of ether oxygens (including phenoxy) is 3. The molecule has 2 atom stereocenters. The molecule has 6 heteroatoms. The lowest BCUT2D eigenvalue weighted by atomic mass is 9.86. The molecule has 0 saturated carbocycles. The minimum Gasteiger partial charge on any atom is -0.493 e. The summed E-state index contributed by atoms with van der Waals surface area (Å²) in [6.07, 6.45) is 4.29. The normalized spacial score (nSPS) is 30.6. The van der Waals surface area contributed by atoms with Gasteiger partial charge in [0.2, 0.25) is 0 Å². The summed E-state index contributed by atoms with van der Waals surface area (Å²) in [5.41, 5.74) is 1.15. The fourth-order valence-corrected chi connectivity index (χ4v) is 5.17. The molecule has 4 aliphatic rings. The van der Waals surface area contributed by atoms with Gasteiger partial charge in [-0.2, -0.15) is 0 Å². The molecule has 154 valence electrons. The van der Waals surface area contributed by atoms with Gasteiger partial charge < -0.3 is 19.5 Å². The molecule has 0 aliphatic carbocycles. The van der Waals surface area contributed by atoms with Crippen LogP contribution in [0.3, 0.4) is 0 Å². The molecule has 1 aromatic rings. The minimum absolute atomic E-state index is 0.106. The van der Waals surface area contributed by atoms with Gasteiger partial charge in [0.05, 0.1) is 25.4 Å². The zero-order chi connectivity index (χ0) is 19.0. The fourth-order valence-electron chi connectivity index (χ4n) is 5.17. The van der Waals surface area contributed by atoms with Crippen LogP contribution in [0.1, 0.15) is 37.2 Å². The molecule has 0 radical (unpaired) electrons. The standard InChI is InChI=1S/C22H31FN2O3/c23-18-1-2-21(27-12-16-5-8-26-11-16)20(9-18)17-3-6-25(7-4-17)19-10-22(28-13-19)14-24-15-22/h1-2,9,16-17,19,24H,3-8,10-15H2/t16-,19+/m1/s1. The quantitative estimate of drug-likeness (QED) is 0.837. The van der Waals surface area contributed by atoms with Gasteiger partial charge in [0.15, 0.2) is 0 Å². The zero-order valence-electron chi connectivity index (χ0n) is 16.5. The minimum atomic E-state index is -0.169. The van der Waals surface area contributed by atoms with E-state index in [-0.39, 0.29) is 11.4 Å². The third-order valence-corrected chi connectivity index (χ3v) is 7.04. The molecule has 0 unspecified atom stereocenters. The van der Waals surface area contributed by atoms with Crippen molar-refractivity contribution in [1.29, 1.82) is 0 Å². The summed E-state index contributed by atoms with van der Waals surface area (Å²) in [5.74, 6) is 1.51. The maximum Gasteiger partial charge on any atom is 0.123 e. The molecule has 1 N–H and O–H groups in total. The van der Waals surface area contributed by atoms with Gasteiger partial charge in [0.25, 0.3) is 0 Å². The predicted molar refractivity (Wildman–Crippen MR) is 104 cm³/mol. The van der Waals surface area contributed by atoms with Crippen LogP contribution in [0, 0.1) is 11.7 Å². The Labute approximate surface area is 166 Å². The smallest absolute Gasteiger partial charge is 0.123 e. The van der Waals surface area contributed by atoms with E-state index in [1.165, 1.54) is 6.07 Å². The maximum atomic E-state index is 14.0. The van der Waals surface area contributed by atoms with Crippen molar-refractivity contribution in [2.45, 2.75) is 43.2 Å². The highest BCUT2D eigenvalue weighted by atomic mass is 19.1. The fraction of sp³-hybridized carbons (Fsp3) is 0.727. The Kier molecular flexibility index (Phi) is 5.30. The monoisotopic (exact) mass is 390 g/mol. The molecule has 4 aliphatic heterocycles. The van der Waals surface area contributed by atoms with E-state index in [4.69, 9.17) is 14.2 Å². The van der Waals surface area contributed by atoms with Crippen molar-refractivity contribution in [3.63, 3.8) is 0 Å². The van der Waals surface area contributed by atoms with Crippen molar-refractivity contribution in [3.8, 4) is 5.75 Å². The maximum absolute atomic E-state index is 14.0. The Balaban J connectivity index is 1.20. The van der Waals surface area contributed by atoms with E-state index < -0.39 is 0 Å². The van der Waals surface area contributed by atoms with Crippen molar-refractivity contribution in [2.75, 3.05) is 52.6 Å². The van der Waals surface area contributed by atoms with E-state index in [0.717, 1.165) is 83.0 Å². The first-order chi connectivity index (χ1) is 13.7. The Hall–Kier alpha value is -1.21. The number of benzene rings is 1. The van der Waals surface area contributed by atoms with Gasteiger partial charge in [-0.3, -0.25) is 4.90 Å². The lowest BCUT2D eigenvalue weighted by Crippen LogP contribution is -2.59. The van der Waals surface area contributed by atoms with Crippen molar-refractivity contribution in [2.24, 2.45) is 5.92 Å². The molecule has 0 aromatic heterocycles. The van der Waals surface area contributed by atoms with Gasteiger partial charge in [0.1, 0.15) is 11.6 Å². The zero-order valence-corrected chi connectivity index (χ0v) is 16.5. The molecule has 28 heavy (non-hydrogen) atoms. The topological polar surface area (TPSA) is 43.0 Å². The number of hydrogen-bond acceptors (Lipinski definition) is 5. The van der Waals surface area contributed by atoms with Crippen LogP contribution in [-0.4, -0.2) is 69.1 Å². The van der Waals surface area contributed by atoms with E-state index >= 15 is 0 Å². The van der Waals surface area contributed by atoms with E-state index in [9.17, 15) is 4.39 Å². The molecule has 4 fully saturated rings. The highest BCUT2D eigenvalue weighted by Crippen LogP contribution is 2.38. The van der Waals surface area contributed by atoms with Gasteiger partial charge in [0, 0.05) is 37.2 Å². The largest absolute Gasteiger partial charge is 0.493 e. The van der Waals surface area contributed by atoms with E-state index in [1.54, 1.807) is 6.07 Å². The summed E-state index contributed by atoms with van der Waals surface area (Å²) in [5, 5.41) is 3.34. The summed E-state index contributed by atoms with van der Waals surface area (Å²) in [6, 6.07) is 5.55. The average molecular weight is 390 g/mol. The number of nitrogens with zero attached hydrogens (tertiary/aromatic N) is 1.